The molecule has 0 saturated carbocycles. The fourth-order valence-corrected chi connectivity index (χ4v) is 4.41. The van der Waals surface area contributed by atoms with Gasteiger partial charge in [-0.3, -0.25) is 0 Å². The molecule has 5 nitrogen and oxygen atoms in total. The van der Waals surface area contributed by atoms with E-state index >= 15 is 0 Å². The van der Waals surface area contributed by atoms with Crippen LogP contribution < -0.4 is 11.1 Å². The zero-order valence-corrected chi connectivity index (χ0v) is 14.3. The number of furan rings is 1. The van der Waals surface area contributed by atoms with E-state index in [4.69, 9.17) is 10.2 Å². The number of thiophene rings is 1. The van der Waals surface area contributed by atoms with Crippen LogP contribution in [0.15, 0.2) is 22.8 Å². The van der Waals surface area contributed by atoms with Gasteiger partial charge in [0, 0.05) is 17.3 Å². The molecule has 0 aliphatic heterocycles. The van der Waals surface area contributed by atoms with E-state index in [9.17, 15) is 5.11 Å². The van der Waals surface area contributed by atoms with E-state index in [0.29, 0.717) is 13.0 Å². The number of hydrogen-bond acceptors (Lipinski definition) is 7. The lowest BCUT2D eigenvalue weighted by atomic mass is 10.1. The van der Waals surface area contributed by atoms with Gasteiger partial charge in [-0.05, 0) is 30.6 Å². The first kappa shape index (κ1) is 16.0. The number of anilines is 1. The lowest BCUT2D eigenvalue weighted by molar-refractivity contribution is 0.265. The van der Waals surface area contributed by atoms with Gasteiger partial charge in [0.2, 0.25) is 0 Å². The predicted molar refractivity (Wildman–Crippen MR) is 94.8 cm³/mol. The Bertz CT molecular complexity index is 840. The van der Waals surface area contributed by atoms with E-state index in [1.165, 1.54) is 11.5 Å². The van der Waals surface area contributed by atoms with Crippen LogP contribution in [0.3, 0.4) is 0 Å². The molecule has 0 bridgehead atoms. The number of aromatic nitrogens is 1. The summed E-state index contributed by atoms with van der Waals surface area (Å²) in [5, 5.41) is 13.6. The van der Waals surface area contributed by atoms with E-state index in [1.54, 1.807) is 17.6 Å². The number of nitrogens with zero attached hydrogens (tertiary/aromatic N) is 1. The summed E-state index contributed by atoms with van der Waals surface area (Å²) in [4.78, 5) is 1.08. The molecule has 3 aromatic rings. The summed E-state index contributed by atoms with van der Waals surface area (Å²) in [5.41, 5.74) is 7.73. The van der Waals surface area contributed by atoms with E-state index in [0.717, 1.165) is 31.4 Å². The molecule has 7 heteroatoms. The quantitative estimate of drug-likeness (QED) is 0.597. The minimum Gasteiger partial charge on any atom is -0.467 e. The summed E-state index contributed by atoms with van der Waals surface area (Å²) in [6.45, 7) is 2.38. The molecule has 0 amide bonds. The van der Waals surface area contributed by atoms with Gasteiger partial charge in [-0.15, -0.1) is 17.3 Å². The first-order chi connectivity index (χ1) is 11.2. The molecule has 0 saturated heterocycles. The van der Waals surface area contributed by atoms with Gasteiger partial charge < -0.3 is 20.6 Å². The summed E-state index contributed by atoms with van der Waals surface area (Å²) >= 11 is 3.06. The molecule has 0 aliphatic carbocycles. The zero-order valence-electron chi connectivity index (χ0n) is 12.6. The smallest absolute Gasteiger partial charge is 0.127 e. The van der Waals surface area contributed by atoms with Crippen molar-refractivity contribution in [1.29, 1.82) is 0 Å². The van der Waals surface area contributed by atoms with Gasteiger partial charge in [0.1, 0.15) is 16.3 Å². The third-order valence-electron chi connectivity index (χ3n) is 3.33. The molecular weight excluding hydrogens is 330 g/mol. The molecule has 3 heterocycles. The first-order valence-electron chi connectivity index (χ1n) is 7.19. The Balaban J connectivity index is 1.91. The molecule has 1 atom stereocenters. The van der Waals surface area contributed by atoms with Crippen LogP contribution in [0.2, 0.25) is 0 Å². The van der Waals surface area contributed by atoms with Crippen LogP contribution >= 0.6 is 22.9 Å². The second kappa shape index (κ2) is 7.15. The third-order valence-corrected chi connectivity index (χ3v) is 5.48. The highest BCUT2D eigenvalue weighted by Crippen LogP contribution is 2.39. The lowest BCUT2D eigenvalue weighted by Gasteiger charge is -2.06. The van der Waals surface area contributed by atoms with Crippen molar-refractivity contribution >= 4 is 38.1 Å². The highest BCUT2D eigenvalue weighted by molar-refractivity contribution is 7.24. The topological polar surface area (TPSA) is 84.3 Å². The fourth-order valence-electron chi connectivity index (χ4n) is 2.24. The highest BCUT2D eigenvalue weighted by atomic mass is 32.1. The SMILES string of the molecule is CC#Cc1c(C[C@@H](N)CO)sc2c(NCc3ccco3)snc12. The molecule has 0 unspecified atom stereocenters. The summed E-state index contributed by atoms with van der Waals surface area (Å²) in [6, 6.07) is 3.52. The summed E-state index contributed by atoms with van der Waals surface area (Å²) in [6.07, 6.45) is 2.26. The lowest BCUT2D eigenvalue weighted by Crippen LogP contribution is -2.26. The molecule has 3 aromatic heterocycles. The molecular formula is C16H17N3O2S2. The van der Waals surface area contributed by atoms with Crippen molar-refractivity contribution in [2.75, 3.05) is 11.9 Å². The number of rotatable bonds is 6. The minimum atomic E-state index is -0.279. The molecule has 0 spiro atoms. The minimum absolute atomic E-state index is 0.0409. The number of hydrogen-bond donors (Lipinski definition) is 3. The predicted octanol–water partition coefficient (Wildman–Crippen LogP) is 2.80. The van der Waals surface area contributed by atoms with Gasteiger partial charge in [-0.1, -0.05) is 5.92 Å². The maximum absolute atomic E-state index is 9.19. The van der Waals surface area contributed by atoms with Crippen LogP contribution in [-0.2, 0) is 13.0 Å². The Labute approximate surface area is 142 Å². The number of aliphatic hydroxyl groups excluding tert-OH is 1. The second-order valence-electron chi connectivity index (χ2n) is 5.04. The molecule has 0 radical (unpaired) electrons. The molecule has 120 valence electrons. The summed E-state index contributed by atoms with van der Waals surface area (Å²) in [5.74, 6) is 6.95. The van der Waals surface area contributed by atoms with Crippen molar-refractivity contribution < 1.29 is 9.52 Å². The Kier molecular flexibility index (Phi) is 4.98. The molecule has 0 fully saturated rings. The molecule has 4 N–H and O–H groups in total. The number of fused-ring (bicyclic) bond motifs is 1. The van der Waals surface area contributed by atoms with Crippen LogP contribution in [0.25, 0.3) is 10.2 Å². The molecule has 23 heavy (non-hydrogen) atoms. The average Bonchev–Trinajstić information content (AvgIpc) is 3.25. The van der Waals surface area contributed by atoms with E-state index in [1.807, 2.05) is 19.1 Å². The standard InChI is InChI=1S/C16H17N3O2S2/c1-2-4-12-13(7-10(17)9-20)22-15-14(12)19-23-16(15)18-8-11-5-3-6-21-11/h3,5-6,10,18,20H,7-9,17H2,1H3/t10-/m1/s1. The van der Waals surface area contributed by atoms with Crippen molar-refractivity contribution in [2.45, 2.75) is 25.9 Å². The summed E-state index contributed by atoms with van der Waals surface area (Å²) in [7, 11) is 0. The second-order valence-corrected chi connectivity index (χ2v) is 6.92. The fraction of sp³-hybridized carbons (Fsp3) is 0.312. The molecule has 3 rings (SSSR count). The zero-order chi connectivity index (χ0) is 16.2. The molecule has 0 aromatic carbocycles. The van der Waals surface area contributed by atoms with Crippen LogP contribution in [0.1, 0.15) is 23.1 Å². The average molecular weight is 347 g/mol. The maximum atomic E-state index is 9.19. The Morgan fingerprint density at radius 2 is 2.39 bits per heavy atom. The van der Waals surface area contributed by atoms with Crippen molar-refractivity contribution in [3.63, 3.8) is 0 Å². The number of nitrogens with one attached hydrogen (secondary N) is 1. The highest BCUT2D eigenvalue weighted by Gasteiger charge is 2.19. The van der Waals surface area contributed by atoms with Gasteiger partial charge in [0.25, 0.3) is 0 Å². The Morgan fingerprint density at radius 3 is 3.09 bits per heavy atom. The Hall–Kier alpha value is -1.85. The van der Waals surface area contributed by atoms with Gasteiger partial charge in [-0.25, -0.2) is 0 Å². The van der Waals surface area contributed by atoms with Crippen LogP contribution in [-0.4, -0.2) is 22.1 Å². The van der Waals surface area contributed by atoms with Gasteiger partial charge >= 0.3 is 0 Å². The van der Waals surface area contributed by atoms with Crippen molar-refractivity contribution in [3.8, 4) is 11.8 Å². The van der Waals surface area contributed by atoms with Gasteiger partial charge in [0.15, 0.2) is 0 Å². The van der Waals surface area contributed by atoms with Gasteiger partial charge in [0.05, 0.1) is 29.7 Å². The van der Waals surface area contributed by atoms with E-state index in [2.05, 4.69) is 21.5 Å². The first-order valence-corrected chi connectivity index (χ1v) is 8.78. The van der Waals surface area contributed by atoms with Gasteiger partial charge in [-0.2, -0.15) is 4.37 Å². The monoisotopic (exact) mass is 347 g/mol. The number of nitrogens with two attached hydrogens (primary N) is 1. The Morgan fingerprint density at radius 1 is 1.52 bits per heavy atom. The number of aliphatic hydroxyl groups is 1. The van der Waals surface area contributed by atoms with Crippen molar-refractivity contribution in [2.24, 2.45) is 5.73 Å². The van der Waals surface area contributed by atoms with E-state index < -0.39 is 0 Å². The maximum Gasteiger partial charge on any atom is 0.127 e. The van der Waals surface area contributed by atoms with Crippen LogP contribution in [0.5, 0.6) is 0 Å². The van der Waals surface area contributed by atoms with Crippen molar-refractivity contribution in [3.05, 3.63) is 34.6 Å². The van der Waals surface area contributed by atoms with E-state index in [-0.39, 0.29) is 12.6 Å². The third kappa shape index (κ3) is 3.41. The normalized spacial score (nSPS) is 12.1. The summed E-state index contributed by atoms with van der Waals surface area (Å²) < 4.78 is 11.0. The van der Waals surface area contributed by atoms with Crippen LogP contribution in [0, 0.1) is 11.8 Å². The largest absolute Gasteiger partial charge is 0.467 e. The van der Waals surface area contributed by atoms with Crippen molar-refractivity contribution in [1.82, 2.24) is 4.37 Å². The molecule has 0 aliphatic rings. The van der Waals surface area contributed by atoms with Crippen LogP contribution in [0.4, 0.5) is 5.00 Å².